The number of rotatable bonds is 5. The van der Waals surface area contributed by atoms with Crippen LogP contribution in [0.4, 0.5) is 0 Å². The third-order valence-corrected chi connectivity index (χ3v) is 3.26. The minimum Gasteiger partial charge on any atom is -0.494 e. The Bertz CT molecular complexity index is 450. The number of amides is 1. The van der Waals surface area contributed by atoms with E-state index in [0.717, 1.165) is 17.9 Å². The molecule has 0 aromatic heterocycles. The van der Waals surface area contributed by atoms with Gasteiger partial charge in [0.05, 0.1) is 13.2 Å². The molecule has 21 heavy (non-hydrogen) atoms. The maximum Gasteiger partial charge on any atom is 0.253 e. The number of halogens is 1. The fourth-order valence-corrected chi connectivity index (χ4v) is 2.23. The average molecular weight is 315 g/mol. The first-order chi connectivity index (χ1) is 9.72. The van der Waals surface area contributed by atoms with Crippen LogP contribution in [0.25, 0.3) is 0 Å². The molecular weight excluding hydrogens is 292 g/mol. The Morgan fingerprint density at radius 1 is 1.48 bits per heavy atom. The van der Waals surface area contributed by atoms with Gasteiger partial charge in [-0.3, -0.25) is 4.79 Å². The molecule has 2 rings (SSSR count). The molecular formula is C15H23ClN2O3. The number of para-hydroxylation sites is 1. The molecule has 5 nitrogen and oxygen atoms in total. The van der Waals surface area contributed by atoms with Crippen LogP contribution in [0, 0.1) is 0 Å². The fourth-order valence-electron chi connectivity index (χ4n) is 2.23. The van der Waals surface area contributed by atoms with Crippen molar-refractivity contribution >= 4 is 18.3 Å². The number of carbonyl (C=O) groups is 1. The first-order valence-corrected chi connectivity index (χ1v) is 7.00. The summed E-state index contributed by atoms with van der Waals surface area (Å²) in [5.41, 5.74) is 1.01. The lowest BCUT2D eigenvalue weighted by atomic mass is 10.1. The van der Waals surface area contributed by atoms with Crippen molar-refractivity contribution in [3.05, 3.63) is 29.8 Å². The molecule has 118 valence electrons. The number of hydrogen-bond acceptors (Lipinski definition) is 4. The van der Waals surface area contributed by atoms with Crippen molar-refractivity contribution in [2.24, 2.45) is 0 Å². The number of ether oxygens (including phenoxy) is 2. The fraction of sp³-hybridized carbons (Fsp3) is 0.533. The zero-order valence-corrected chi connectivity index (χ0v) is 13.3. The monoisotopic (exact) mass is 314 g/mol. The number of benzene rings is 1. The molecule has 6 heteroatoms. The molecule has 1 N–H and O–H groups in total. The van der Waals surface area contributed by atoms with E-state index in [4.69, 9.17) is 9.47 Å². The van der Waals surface area contributed by atoms with Gasteiger partial charge in [0.1, 0.15) is 11.9 Å². The molecule has 1 fully saturated rings. The van der Waals surface area contributed by atoms with Gasteiger partial charge in [-0.1, -0.05) is 18.2 Å². The van der Waals surface area contributed by atoms with Crippen molar-refractivity contribution in [2.45, 2.75) is 19.6 Å². The Labute approximate surface area is 132 Å². The van der Waals surface area contributed by atoms with Crippen LogP contribution in [0.3, 0.4) is 0 Å². The molecule has 0 saturated carbocycles. The minimum atomic E-state index is -0.381. The Balaban J connectivity index is 0.00000220. The van der Waals surface area contributed by atoms with Gasteiger partial charge in [-0.25, -0.2) is 0 Å². The molecule has 1 aromatic carbocycles. The van der Waals surface area contributed by atoms with Crippen LogP contribution in [0.15, 0.2) is 24.3 Å². The highest BCUT2D eigenvalue weighted by Gasteiger charge is 2.25. The van der Waals surface area contributed by atoms with Crippen molar-refractivity contribution in [3.8, 4) is 5.75 Å². The summed E-state index contributed by atoms with van der Waals surface area (Å²) in [5.74, 6) is 0.834. The highest BCUT2D eigenvalue weighted by molar-refractivity contribution is 5.85. The summed E-state index contributed by atoms with van der Waals surface area (Å²) < 4.78 is 11.1. The zero-order chi connectivity index (χ0) is 14.4. The van der Waals surface area contributed by atoms with Crippen molar-refractivity contribution in [1.29, 1.82) is 0 Å². The van der Waals surface area contributed by atoms with Gasteiger partial charge in [0.2, 0.25) is 0 Å². The second kappa shape index (κ2) is 8.87. The van der Waals surface area contributed by atoms with Gasteiger partial charge in [-0.15, -0.1) is 12.4 Å². The van der Waals surface area contributed by atoms with Crippen molar-refractivity contribution in [2.75, 3.05) is 33.4 Å². The lowest BCUT2D eigenvalue weighted by molar-refractivity contribution is -0.144. The van der Waals surface area contributed by atoms with E-state index in [1.54, 1.807) is 11.9 Å². The summed E-state index contributed by atoms with van der Waals surface area (Å²) in [4.78, 5) is 14.0. The highest BCUT2D eigenvalue weighted by Crippen LogP contribution is 2.19. The van der Waals surface area contributed by atoms with Gasteiger partial charge in [-0.05, 0) is 13.0 Å². The normalized spacial score (nSPS) is 17.7. The van der Waals surface area contributed by atoms with Crippen LogP contribution in [-0.4, -0.2) is 50.3 Å². The number of hydrogen-bond donors (Lipinski definition) is 1. The standard InChI is InChI=1S/C15H22N2O3.ClH/c1-3-19-13-7-5-4-6-12(13)11-17(2)15(18)14-10-16-8-9-20-14;/h4-7,14,16H,3,8-11H2,1-2H3;1H. The molecule has 1 atom stereocenters. The molecule has 1 amide bonds. The van der Waals surface area contributed by atoms with Crippen molar-refractivity contribution < 1.29 is 14.3 Å². The largest absolute Gasteiger partial charge is 0.494 e. The lowest BCUT2D eigenvalue weighted by Crippen LogP contribution is -2.48. The highest BCUT2D eigenvalue weighted by atomic mass is 35.5. The molecule has 1 saturated heterocycles. The van der Waals surface area contributed by atoms with Gasteiger partial charge in [0.25, 0.3) is 5.91 Å². The van der Waals surface area contributed by atoms with Crippen LogP contribution in [0.2, 0.25) is 0 Å². The Morgan fingerprint density at radius 2 is 2.24 bits per heavy atom. The maximum atomic E-state index is 12.3. The maximum absolute atomic E-state index is 12.3. The summed E-state index contributed by atoms with van der Waals surface area (Å²) in [6.45, 7) is 5.06. The SMILES string of the molecule is CCOc1ccccc1CN(C)C(=O)C1CNCCO1.Cl. The molecule has 1 aliphatic rings. The summed E-state index contributed by atoms with van der Waals surface area (Å²) >= 11 is 0. The van der Waals surface area contributed by atoms with Gasteiger partial charge < -0.3 is 19.7 Å². The van der Waals surface area contributed by atoms with E-state index in [1.165, 1.54) is 0 Å². The zero-order valence-electron chi connectivity index (χ0n) is 12.5. The predicted molar refractivity (Wildman–Crippen MR) is 83.9 cm³/mol. The second-order valence-electron chi connectivity index (χ2n) is 4.80. The summed E-state index contributed by atoms with van der Waals surface area (Å²) in [6, 6.07) is 7.80. The first-order valence-electron chi connectivity index (χ1n) is 7.00. The molecule has 0 aliphatic carbocycles. The Morgan fingerprint density at radius 3 is 2.90 bits per heavy atom. The smallest absolute Gasteiger partial charge is 0.253 e. The van der Waals surface area contributed by atoms with Gasteiger partial charge in [-0.2, -0.15) is 0 Å². The Kier molecular flexibility index (Phi) is 7.50. The predicted octanol–water partition coefficient (Wildman–Crippen LogP) is 1.45. The molecule has 1 aliphatic heterocycles. The van der Waals surface area contributed by atoms with E-state index >= 15 is 0 Å². The lowest BCUT2D eigenvalue weighted by Gasteiger charge is -2.27. The third kappa shape index (κ3) is 4.88. The second-order valence-corrected chi connectivity index (χ2v) is 4.80. The van der Waals surface area contributed by atoms with Crippen LogP contribution >= 0.6 is 12.4 Å². The molecule has 0 radical (unpaired) electrons. The molecule has 0 bridgehead atoms. The minimum absolute atomic E-state index is 0. The van der Waals surface area contributed by atoms with Crippen LogP contribution < -0.4 is 10.1 Å². The quantitative estimate of drug-likeness (QED) is 0.894. The van der Waals surface area contributed by atoms with Crippen molar-refractivity contribution in [1.82, 2.24) is 10.2 Å². The number of carbonyl (C=O) groups excluding carboxylic acids is 1. The molecule has 1 heterocycles. The van der Waals surface area contributed by atoms with Crippen LogP contribution in [-0.2, 0) is 16.1 Å². The topological polar surface area (TPSA) is 50.8 Å². The van der Waals surface area contributed by atoms with E-state index in [2.05, 4.69) is 5.32 Å². The Hall–Kier alpha value is -1.30. The van der Waals surface area contributed by atoms with E-state index in [-0.39, 0.29) is 24.4 Å². The molecule has 1 aromatic rings. The first kappa shape index (κ1) is 17.8. The van der Waals surface area contributed by atoms with Gasteiger partial charge >= 0.3 is 0 Å². The van der Waals surface area contributed by atoms with E-state index < -0.39 is 0 Å². The van der Waals surface area contributed by atoms with E-state index in [0.29, 0.717) is 26.3 Å². The van der Waals surface area contributed by atoms with Gasteiger partial charge in [0.15, 0.2) is 0 Å². The molecule has 0 spiro atoms. The number of nitrogens with zero attached hydrogens (tertiary/aromatic N) is 1. The number of nitrogens with one attached hydrogen (secondary N) is 1. The summed E-state index contributed by atoms with van der Waals surface area (Å²) in [5, 5.41) is 3.17. The van der Waals surface area contributed by atoms with Crippen molar-refractivity contribution in [3.63, 3.8) is 0 Å². The summed E-state index contributed by atoms with van der Waals surface area (Å²) in [6.07, 6.45) is -0.381. The number of likely N-dealkylation sites (N-methyl/N-ethyl adjacent to an activating group) is 1. The van der Waals surface area contributed by atoms with Crippen LogP contribution in [0.5, 0.6) is 5.75 Å². The van der Waals surface area contributed by atoms with E-state index in [9.17, 15) is 4.79 Å². The van der Waals surface area contributed by atoms with Gasteiger partial charge in [0, 0.05) is 32.2 Å². The summed E-state index contributed by atoms with van der Waals surface area (Å²) in [7, 11) is 1.79. The average Bonchev–Trinajstić information content (AvgIpc) is 2.49. The number of morpholine rings is 1. The third-order valence-electron chi connectivity index (χ3n) is 3.26. The molecule has 1 unspecified atom stereocenters. The van der Waals surface area contributed by atoms with Crippen LogP contribution in [0.1, 0.15) is 12.5 Å². The van der Waals surface area contributed by atoms with E-state index in [1.807, 2.05) is 31.2 Å².